The third kappa shape index (κ3) is 3.81. The van der Waals surface area contributed by atoms with E-state index in [4.69, 9.17) is 17.3 Å². The summed E-state index contributed by atoms with van der Waals surface area (Å²) in [5, 5.41) is 3.91. The van der Waals surface area contributed by atoms with Gasteiger partial charge in [0, 0.05) is 22.5 Å². The zero-order valence-corrected chi connectivity index (χ0v) is 14.9. The van der Waals surface area contributed by atoms with Crippen LogP contribution in [0.25, 0.3) is 15.7 Å². The third-order valence-electron chi connectivity index (χ3n) is 3.69. The van der Waals surface area contributed by atoms with Crippen LogP contribution in [0, 0.1) is 5.82 Å². The first kappa shape index (κ1) is 17.4. The van der Waals surface area contributed by atoms with Gasteiger partial charge in [0.1, 0.15) is 11.6 Å². The maximum Gasteiger partial charge on any atom is 0.244 e. The molecule has 4 nitrogen and oxygen atoms in total. The molecule has 1 amide bonds. The summed E-state index contributed by atoms with van der Waals surface area (Å²) in [7, 11) is 0. The summed E-state index contributed by atoms with van der Waals surface area (Å²) in [5.41, 5.74) is 7.12. The highest BCUT2D eigenvalue weighted by atomic mass is 35.5. The molecule has 0 aliphatic rings. The van der Waals surface area contributed by atoms with Crippen molar-refractivity contribution in [1.29, 1.82) is 0 Å². The van der Waals surface area contributed by atoms with Crippen molar-refractivity contribution in [2.45, 2.75) is 13.5 Å². The second-order valence-corrected chi connectivity index (χ2v) is 6.96. The molecule has 128 valence electrons. The van der Waals surface area contributed by atoms with Gasteiger partial charge in [-0.3, -0.25) is 4.79 Å². The summed E-state index contributed by atoms with van der Waals surface area (Å²) < 4.78 is 14.3. The number of thiophene rings is 1. The van der Waals surface area contributed by atoms with Crippen LogP contribution in [0.5, 0.6) is 0 Å². The van der Waals surface area contributed by atoms with Crippen LogP contribution in [-0.2, 0) is 11.3 Å². The number of halogens is 2. The van der Waals surface area contributed by atoms with Gasteiger partial charge in [-0.2, -0.15) is 0 Å². The number of nitrogens with zero attached hydrogens (tertiary/aromatic N) is 1. The number of carbonyl (C=O) groups is 1. The number of amides is 1. The molecule has 2 heterocycles. The number of allylic oxidation sites excluding steroid dienone is 1. The molecular formula is C18H15ClFN3OS. The number of pyridine rings is 1. The lowest BCUT2D eigenvalue weighted by atomic mass is 10.1. The van der Waals surface area contributed by atoms with Crippen LogP contribution < -0.4 is 11.1 Å². The molecule has 1 aromatic carbocycles. The molecular weight excluding hydrogens is 361 g/mol. The number of fused-ring (bicyclic) bond motifs is 1. The van der Waals surface area contributed by atoms with E-state index in [-0.39, 0.29) is 18.3 Å². The summed E-state index contributed by atoms with van der Waals surface area (Å²) in [6.07, 6.45) is 3.09. The molecule has 0 aliphatic carbocycles. The number of nitrogens with one attached hydrogen (secondary N) is 1. The zero-order chi connectivity index (χ0) is 18.0. The molecule has 25 heavy (non-hydrogen) atoms. The second kappa shape index (κ2) is 7.21. The second-order valence-electron chi connectivity index (χ2n) is 5.47. The Balaban J connectivity index is 1.72. The van der Waals surface area contributed by atoms with Crippen LogP contribution in [0.15, 0.2) is 42.6 Å². The molecule has 3 rings (SSSR count). The Kier molecular flexibility index (Phi) is 5.01. The van der Waals surface area contributed by atoms with E-state index in [1.807, 2.05) is 6.92 Å². The maximum absolute atomic E-state index is 13.8. The topological polar surface area (TPSA) is 68.0 Å². The van der Waals surface area contributed by atoms with Gasteiger partial charge in [0.25, 0.3) is 0 Å². The SMILES string of the molecule is CC(=CC(=O)NCc1sc2c(F)cccc2c1Cl)c1ccc(N)nc1. The average molecular weight is 376 g/mol. The zero-order valence-electron chi connectivity index (χ0n) is 13.3. The van der Waals surface area contributed by atoms with E-state index in [9.17, 15) is 9.18 Å². The van der Waals surface area contributed by atoms with Crippen LogP contribution in [0.3, 0.4) is 0 Å². The standard InChI is InChI=1S/C18H15ClFN3OS/c1-10(11-5-6-15(21)22-8-11)7-16(24)23-9-14-17(19)12-3-2-4-13(20)18(12)25-14/h2-8H,9H2,1H3,(H2,21,22)(H,23,24). The average Bonchev–Trinajstić information content (AvgIpc) is 2.91. The van der Waals surface area contributed by atoms with Gasteiger partial charge >= 0.3 is 0 Å². The quantitative estimate of drug-likeness (QED) is 0.664. The monoisotopic (exact) mass is 375 g/mol. The molecule has 0 bridgehead atoms. The Hall–Kier alpha value is -2.44. The number of carbonyl (C=O) groups excluding carboxylic acids is 1. The van der Waals surface area contributed by atoms with E-state index >= 15 is 0 Å². The van der Waals surface area contributed by atoms with Crippen LogP contribution >= 0.6 is 22.9 Å². The first-order valence-corrected chi connectivity index (χ1v) is 8.68. The van der Waals surface area contributed by atoms with Crippen LogP contribution in [-0.4, -0.2) is 10.9 Å². The highest BCUT2D eigenvalue weighted by molar-refractivity contribution is 7.19. The highest BCUT2D eigenvalue weighted by Gasteiger charge is 2.13. The molecule has 7 heteroatoms. The van der Waals surface area contributed by atoms with Crippen LogP contribution in [0.4, 0.5) is 10.2 Å². The Labute approximate surface area is 153 Å². The molecule has 3 N–H and O–H groups in total. The number of benzene rings is 1. The number of nitrogens with two attached hydrogens (primary N) is 1. The van der Waals surface area contributed by atoms with E-state index in [0.717, 1.165) is 16.0 Å². The minimum absolute atomic E-state index is 0.236. The van der Waals surface area contributed by atoms with Gasteiger partial charge < -0.3 is 11.1 Å². The van der Waals surface area contributed by atoms with Gasteiger partial charge in [0.05, 0.1) is 16.3 Å². The van der Waals surface area contributed by atoms with Crippen molar-refractivity contribution < 1.29 is 9.18 Å². The summed E-state index contributed by atoms with van der Waals surface area (Å²) in [6.45, 7) is 2.05. The fraction of sp³-hybridized carbons (Fsp3) is 0.111. The molecule has 3 aromatic rings. The molecule has 0 radical (unpaired) electrons. The minimum Gasteiger partial charge on any atom is -0.384 e. The van der Waals surface area contributed by atoms with E-state index < -0.39 is 0 Å². The van der Waals surface area contributed by atoms with Crippen molar-refractivity contribution >= 4 is 50.3 Å². The molecule has 0 spiro atoms. The van der Waals surface area contributed by atoms with E-state index in [1.54, 1.807) is 30.5 Å². The maximum atomic E-state index is 13.8. The smallest absolute Gasteiger partial charge is 0.244 e. The fourth-order valence-corrected chi connectivity index (χ4v) is 3.79. The molecule has 0 aliphatic heterocycles. The third-order valence-corrected chi connectivity index (χ3v) is 5.44. The molecule has 0 unspecified atom stereocenters. The van der Waals surface area contributed by atoms with Crippen molar-refractivity contribution in [3.63, 3.8) is 0 Å². The number of hydrogen-bond donors (Lipinski definition) is 2. The van der Waals surface area contributed by atoms with Gasteiger partial charge in [0.2, 0.25) is 5.91 Å². The van der Waals surface area contributed by atoms with Crippen molar-refractivity contribution in [2.75, 3.05) is 5.73 Å². The number of aromatic nitrogens is 1. The van der Waals surface area contributed by atoms with Gasteiger partial charge in [-0.05, 0) is 36.3 Å². The number of anilines is 1. The first-order valence-electron chi connectivity index (χ1n) is 7.49. The predicted molar refractivity (Wildman–Crippen MR) is 101 cm³/mol. The molecule has 0 fully saturated rings. The first-order chi connectivity index (χ1) is 12.0. The molecule has 0 atom stereocenters. The van der Waals surface area contributed by atoms with Gasteiger partial charge in [-0.1, -0.05) is 23.7 Å². The van der Waals surface area contributed by atoms with E-state index in [0.29, 0.717) is 20.9 Å². The lowest BCUT2D eigenvalue weighted by molar-refractivity contribution is -0.116. The Morgan fingerprint density at radius 3 is 2.88 bits per heavy atom. The van der Waals surface area contributed by atoms with Crippen molar-refractivity contribution in [3.05, 3.63) is 63.9 Å². The van der Waals surface area contributed by atoms with Crippen molar-refractivity contribution in [3.8, 4) is 0 Å². The van der Waals surface area contributed by atoms with Crippen LogP contribution in [0.1, 0.15) is 17.4 Å². The van der Waals surface area contributed by atoms with Crippen molar-refractivity contribution in [2.24, 2.45) is 0 Å². The Bertz CT molecular complexity index is 966. The van der Waals surface area contributed by atoms with Crippen LogP contribution in [0.2, 0.25) is 5.02 Å². The summed E-state index contributed by atoms with van der Waals surface area (Å²) in [4.78, 5) is 16.8. The number of nitrogen functional groups attached to an aromatic ring is 1. The predicted octanol–water partition coefficient (Wildman–Crippen LogP) is 4.39. The summed E-state index contributed by atoms with van der Waals surface area (Å²) >= 11 is 7.53. The normalized spacial score (nSPS) is 11.7. The Morgan fingerprint density at radius 1 is 1.40 bits per heavy atom. The largest absolute Gasteiger partial charge is 0.384 e. The van der Waals surface area contributed by atoms with Gasteiger partial charge in [0.15, 0.2) is 0 Å². The molecule has 0 saturated carbocycles. The highest BCUT2D eigenvalue weighted by Crippen LogP contribution is 2.36. The van der Waals surface area contributed by atoms with Gasteiger partial charge in [-0.15, -0.1) is 11.3 Å². The Morgan fingerprint density at radius 2 is 2.20 bits per heavy atom. The van der Waals surface area contributed by atoms with E-state index in [1.165, 1.54) is 23.5 Å². The lowest BCUT2D eigenvalue weighted by Crippen LogP contribution is -2.20. The lowest BCUT2D eigenvalue weighted by Gasteiger charge is -2.04. The number of rotatable bonds is 4. The van der Waals surface area contributed by atoms with E-state index in [2.05, 4.69) is 10.3 Å². The minimum atomic E-state index is -0.312. The number of hydrogen-bond acceptors (Lipinski definition) is 4. The molecule has 2 aromatic heterocycles. The van der Waals surface area contributed by atoms with Gasteiger partial charge in [-0.25, -0.2) is 9.37 Å². The fourth-order valence-electron chi connectivity index (χ4n) is 2.35. The summed E-state index contributed by atoms with van der Waals surface area (Å²) in [5.74, 6) is -0.149. The molecule has 0 saturated heterocycles. The van der Waals surface area contributed by atoms with Crippen molar-refractivity contribution in [1.82, 2.24) is 10.3 Å². The summed E-state index contributed by atoms with van der Waals surface area (Å²) in [6, 6.07) is 8.25.